The Bertz CT molecular complexity index is 745. The zero-order valence-corrected chi connectivity index (χ0v) is 12.5. The van der Waals surface area contributed by atoms with E-state index in [1.54, 1.807) is 0 Å². The van der Waals surface area contributed by atoms with Crippen molar-refractivity contribution in [1.82, 2.24) is 15.2 Å². The van der Waals surface area contributed by atoms with Gasteiger partial charge in [0.05, 0.1) is 11.7 Å². The fourth-order valence-corrected chi connectivity index (χ4v) is 2.56. The van der Waals surface area contributed by atoms with Crippen LogP contribution in [0, 0.1) is 13.8 Å². The van der Waals surface area contributed by atoms with Gasteiger partial charge in [0.1, 0.15) is 5.82 Å². The molecule has 0 atom stereocenters. The van der Waals surface area contributed by atoms with Gasteiger partial charge in [-0.05, 0) is 49.9 Å². The number of rotatable bonds is 5. The molecule has 0 spiro atoms. The summed E-state index contributed by atoms with van der Waals surface area (Å²) in [5.74, 6) is 0.954. The molecule has 3 rings (SSSR count). The van der Waals surface area contributed by atoms with Crippen LogP contribution in [-0.4, -0.2) is 21.7 Å². The molecule has 0 unspecified atom stereocenters. The molecule has 2 heterocycles. The molecule has 0 saturated carbocycles. The smallest absolute Gasteiger partial charge is 0.126 e. The van der Waals surface area contributed by atoms with E-state index in [2.05, 4.69) is 58.6 Å². The number of nitrogens with zero attached hydrogens (tertiary/aromatic N) is 2. The second-order valence-corrected chi connectivity index (χ2v) is 5.39. The first-order chi connectivity index (χ1) is 10.2. The molecule has 1 aromatic carbocycles. The Hall–Kier alpha value is -2.36. The molecule has 108 valence electrons. The molecule has 2 aromatic heterocycles. The minimum atomic E-state index is 0.912. The van der Waals surface area contributed by atoms with Crippen LogP contribution in [0.25, 0.3) is 10.9 Å². The van der Waals surface area contributed by atoms with Crippen molar-refractivity contribution in [1.29, 1.82) is 0 Å². The minimum absolute atomic E-state index is 0.912. The van der Waals surface area contributed by atoms with Gasteiger partial charge >= 0.3 is 0 Å². The first-order valence-electron chi connectivity index (χ1n) is 7.33. The van der Waals surface area contributed by atoms with Crippen molar-refractivity contribution in [2.45, 2.75) is 26.7 Å². The fourth-order valence-electron chi connectivity index (χ4n) is 2.56. The lowest BCUT2D eigenvalue weighted by molar-refractivity contribution is 0.854. The fraction of sp³-hybridized carbons (Fsp3) is 0.294. The number of para-hydroxylation sites is 1. The molecule has 0 fully saturated rings. The average molecular weight is 280 g/mol. The lowest BCUT2D eigenvalue weighted by Crippen LogP contribution is -2.05. The largest absolute Gasteiger partial charge is 0.370 e. The van der Waals surface area contributed by atoms with Crippen LogP contribution in [0.15, 0.2) is 36.5 Å². The predicted octanol–water partition coefficient (Wildman–Crippen LogP) is 3.62. The van der Waals surface area contributed by atoms with Crippen LogP contribution in [0.2, 0.25) is 0 Å². The molecule has 0 aliphatic carbocycles. The van der Waals surface area contributed by atoms with E-state index in [4.69, 9.17) is 0 Å². The minimum Gasteiger partial charge on any atom is -0.370 e. The highest BCUT2D eigenvalue weighted by Gasteiger charge is 2.03. The molecule has 0 aliphatic heterocycles. The average Bonchev–Trinajstić information content (AvgIpc) is 2.89. The third kappa shape index (κ3) is 3.05. The van der Waals surface area contributed by atoms with Crippen molar-refractivity contribution in [2.24, 2.45) is 0 Å². The SMILES string of the molecule is Cc1[nH]ncc1CCCNc1cc(C)c2ccccc2n1. The summed E-state index contributed by atoms with van der Waals surface area (Å²) in [4.78, 5) is 4.66. The van der Waals surface area contributed by atoms with Crippen molar-refractivity contribution in [2.75, 3.05) is 11.9 Å². The molecule has 21 heavy (non-hydrogen) atoms. The molecule has 3 aromatic rings. The second-order valence-electron chi connectivity index (χ2n) is 5.39. The molecule has 0 aliphatic rings. The normalized spacial score (nSPS) is 11.0. The third-order valence-electron chi connectivity index (χ3n) is 3.79. The highest BCUT2D eigenvalue weighted by atomic mass is 15.1. The van der Waals surface area contributed by atoms with Gasteiger partial charge in [-0.25, -0.2) is 4.98 Å². The van der Waals surface area contributed by atoms with E-state index in [1.807, 2.05) is 12.3 Å². The monoisotopic (exact) mass is 280 g/mol. The molecule has 0 bridgehead atoms. The maximum absolute atomic E-state index is 4.66. The molecular formula is C17H20N4. The summed E-state index contributed by atoms with van der Waals surface area (Å²) < 4.78 is 0. The van der Waals surface area contributed by atoms with Gasteiger partial charge in [-0.3, -0.25) is 5.10 Å². The summed E-state index contributed by atoms with van der Waals surface area (Å²) >= 11 is 0. The summed E-state index contributed by atoms with van der Waals surface area (Å²) in [6, 6.07) is 10.4. The van der Waals surface area contributed by atoms with E-state index in [-0.39, 0.29) is 0 Å². The molecule has 2 N–H and O–H groups in total. The quantitative estimate of drug-likeness (QED) is 0.702. The van der Waals surface area contributed by atoms with Gasteiger partial charge in [0.2, 0.25) is 0 Å². The number of aryl methyl sites for hydroxylation is 3. The van der Waals surface area contributed by atoms with Crippen molar-refractivity contribution < 1.29 is 0 Å². The van der Waals surface area contributed by atoms with Crippen LogP contribution >= 0.6 is 0 Å². The van der Waals surface area contributed by atoms with Crippen molar-refractivity contribution in [3.8, 4) is 0 Å². The maximum Gasteiger partial charge on any atom is 0.126 e. The highest BCUT2D eigenvalue weighted by Crippen LogP contribution is 2.19. The summed E-state index contributed by atoms with van der Waals surface area (Å²) in [7, 11) is 0. The first-order valence-corrected chi connectivity index (χ1v) is 7.33. The number of aromatic nitrogens is 3. The molecule has 0 saturated heterocycles. The molecule has 0 amide bonds. The molecule has 4 heteroatoms. The number of benzene rings is 1. The Morgan fingerprint density at radius 2 is 2.05 bits per heavy atom. The molecule has 0 radical (unpaired) electrons. The van der Waals surface area contributed by atoms with Crippen molar-refractivity contribution in [3.05, 3.63) is 53.3 Å². The lowest BCUT2D eigenvalue weighted by atomic mass is 10.1. The Morgan fingerprint density at radius 3 is 2.86 bits per heavy atom. The van der Waals surface area contributed by atoms with E-state index >= 15 is 0 Å². The summed E-state index contributed by atoms with van der Waals surface area (Å²) in [6.07, 6.45) is 4.00. The van der Waals surface area contributed by atoms with E-state index in [1.165, 1.54) is 16.5 Å². The zero-order valence-electron chi connectivity index (χ0n) is 12.5. The van der Waals surface area contributed by atoms with E-state index < -0.39 is 0 Å². The van der Waals surface area contributed by atoms with Gasteiger partial charge in [-0.1, -0.05) is 18.2 Å². The van der Waals surface area contributed by atoms with Gasteiger partial charge in [-0.15, -0.1) is 0 Å². The number of fused-ring (bicyclic) bond motifs is 1. The van der Waals surface area contributed by atoms with Crippen LogP contribution in [0.4, 0.5) is 5.82 Å². The van der Waals surface area contributed by atoms with Crippen LogP contribution < -0.4 is 5.32 Å². The zero-order chi connectivity index (χ0) is 14.7. The first kappa shape index (κ1) is 13.6. The van der Waals surface area contributed by atoms with Crippen LogP contribution in [-0.2, 0) is 6.42 Å². The summed E-state index contributed by atoms with van der Waals surface area (Å²) in [5, 5.41) is 11.7. The summed E-state index contributed by atoms with van der Waals surface area (Å²) in [5.41, 5.74) is 4.76. The number of nitrogens with one attached hydrogen (secondary N) is 2. The Morgan fingerprint density at radius 1 is 1.19 bits per heavy atom. The van der Waals surface area contributed by atoms with Crippen LogP contribution in [0.1, 0.15) is 23.2 Å². The number of hydrogen-bond donors (Lipinski definition) is 2. The van der Waals surface area contributed by atoms with Gasteiger partial charge < -0.3 is 5.32 Å². The highest BCUT2D eigenvalue weighted by molar-refractivity contribution is 5.83. The molecular weight excluding hydrogens is 260 g/mol. The number of aromatic amines is 1. The van der Waals surface area contributed by atoms with Gasteiger partial charge in [0.15, 0.2) is 0 Å². The lowest BCUT2D eigenvalue weighted by Gasteiger charge is -2.09. The van der Waals surface area contributed by atoms with Crippen LogP contribution in [0.3, 0.4) is 0 Å². The Balaban J connectivity index is 1.62. The van der Waals surface area contributed by atoms with E-state index in [0.29, 0.717) is 0 Å². The number of anilines is 1. The number of pyridine rings is 1. The number of H-pyrrole nitrogens is 1. The van der Waals surface area contributed by atoms with Gasteiger partial charge in [0, 0.05) is 17.6 Å². The van der Waals surface area contributed by atoms with Gasteiger partial charge in [-0.2, -0.15) is 5.10 Å². The van der Waals surface area contributed by atoms with Crippen molar-refractivity contribution in [3.63, 3.8) is 0 Å². The molecule has 4 nitrogen and oxygen atoms in total. The topological polar surface area (TPSA) is 53.6 Å². The van der Waals surface area contributed by atoms with Crippen molar-refractivity contribution >= 4 is 16.7 Å². The van der Waals surface area contributed by atoms with Crippen LogP contribution in [0.5, 0.6) is 0 Å². The third-order valence-corrected chi connectivity index (χ3v) is 3.79. The number of hydrogen-bond acceptors (Lipinski definition) is 3. The maximum atomic E-state index is 4.66. The van der Waals surface area contributed by atoms with E-state index in [9.17, 15) is 0 Å². The Labute approximate surface area is 124 Å². The standard InChI is InChI=1S/C17H20N4/c1-12-10-17(20-16-8-4-3-7-15(12)16)18-9-5-6-14-11-19-21-13(14)2/h3-4,7-8,10-11H,5-6,9H2,1-2H3,(H,18,20)(H,19,21). The second kappa shape index (κ2) is 5.95. The predicted molar refractivity (Wildman–Crippen MR) is 86.6 cm³/mol. The van der Waals surface area contributed by atoms with Gasteiger partial charge in [0.25, 0.3) is 0 Å². The summed E-state index contributed by atoms with van der Waals surface area (Å²) in [6.45, 7) is 5.10. The van der Waals surface area contributed by atoms with E-state index in [0.717, 1.165) is 36.4 Å². The Kier molecular flexibility index (Phi) is 3.86.